The van der Waals surface area contributed by atoms with Gasteiger partial charge in [0.05, 0.1) is 11.7 Å². The number of carbonyl (C=O) groups excluding carboxylic acids is 1. The highest BCUT2D eigenvalue weighted by Crippen LogP contribution is 2.19. The maximum absolute atomic E-state index is 11.8. The lowest BCUT2D eigenvalue weighted by atomic mass is 10.1. The van der Waals surface area contributed by atoms with Gasteiger partial charge < -0.3 is 9.47 Å². The third-order valence-corrected chi connectivity index (χ3v) is 1.99. The Labute approximate surface area is 96.4 Å². The Morgan fingerprint density at radius 3 is 2.62 bits per heavy atom. The molecule has 0 fully saturated rings. The minimum atomic E-state index is -0.0434. The number of carbonyl (C=O) groups is 1. The molecular formula is C13H18O3. The quantitative estimate of drug-likeness (QED) is 0.694. The van der Waals surface area contributed by atoms with E-state index in [2.05, 4.69) is 0 Å². The van der Waals surface area contributed by atoms with Crippen molar-refractivity contribution in [3.05, 3.63) is 29.8 Å². The normalized spacial score (nSPS) is 10.5. The molecule has 0 radical (unpaired) electrons. The van der Waals surface area contributed by atoms with Crippen molar-refractivity contribution in [2.45, 2.75) is 26.9 Å². The van der Waals surface area contributed by atoms with E-state index in [4.69, 9.17) is 9.47 Å². The molecule has 1 aromatic rings. The van der Waals surface area contributed by atoms with Crippen molar-refractivity contribution in [3.63, 3.8) is 0 Å². The molecule has 1 rings (SSSR count). The first-order chi connectivity index (χ1) is 7.65. The van der Waals surface area contributed by atoms with E-state index in [9.17, 15) is 4.79 Å². The number of rotatable bonds is 6. The van der Waals surface area contributed by atoms with Gasteiger partial charge >= 0.3 is 0 Å². The standard InChI is InChI=1S/C13H18O3/c1-4-15-9-12(14)11-7-5-6-8-13(11)16-10(2)3/h5-8,10H,4,9H2,1-3H3. The van der Waals surface area contributed by atoms with Crippen molar-refractivity contribution in [2.75, 3.05) is 13.2 Å². The molecule has 0 atom stereocenters. The second-order valence-corrected chi connectivity index (χ2v) is 3.72. The first kappa shape index (κ1) is 12.7. The van der Waals surface area contributed by atoms with Crippen LogP contribution in [0.2, 0.25) is 0 Å². The highest BCUT2D eigenvalue weighted by Gasteiger charge is 2.12. The smallest absolute Gasteiger partial charge is 0.192 e. The second-order valence-electron chi connectivity index (χ2n) is 3.72. The molecule has 0 saturated carbocycles. The van der Waals surface area contributed by atoms with E-state index in [0.29, 0.717) is 17.9 Å². The highest BCUT2D eigenvalue weighted by atomic mass is 16.5. The van der Waals surface area contributed by atoms with Crippen molar-refractivity contribution in [3.8, 4) is 5.75 Å². The van der Waals surface area contributed by atoms with Gasteiger partial charge in [0.25, 0.3) is 0 Å². The van der Waals surface area contributed by atoms with Crippen LogP contribution in [0.1, 0.15) is 31.1 Å². The van der Waals surface area contributed by atoms with Gasteiger partial charge in [-0.05, 0) is 32.9 Å². The predicted molar refractivity (Wildman–Crippen MR) is 63.0 cm³/mol. The van der Waals surface area contributed by atoms with Gasteiger partial charge in [-0.2, -0.15) is 0 Å². The number of ether oxygens (including phenoxy) is 2. The summed E-state index contributed by atoms with van der Waals surface area (Å²) in [4.78, 5) is 11.8. The van der Waals surface area contributed by atoms with Gasteiger partial charge in [-0.25, -0.2) is 0 Å². The average Bonchev–Trinajstić information content (AvgIpc) is 2.26. The summed E-state index contributed by atoms with van der Waals surface area (Å²) in [6.07, 6.45) is 0.0565. The Kier molecular flexibility index (Phi) is 4.99. The zero-order valence-electron chi connectivity index (χ0n) is 10.0. The number of Topliss-reactive ketones (excluding diaryl/α,β-unsaturated/α-hetero) is 1. The molecule has 0 aromatic heterocycles. The summed E-state index contributed by atoms with van der Waals surface area (Å²) in [5.41, 5.74) is 0.588. The molecule has 0 heterocycles. The molecule has 0 saturated heterocycles. The van der Waals surface area contributed by atoms with E-state index in [1.807, 2.05) is 32.9 Å². The Bertz CT molecular complexity index is 345. The minimum Gasteiger partial charge on any atom is -0.490 e. The van der Waals surface area contributed by atoms with E-state index in [-0.39, 0.29) is 18.5 Å². The van der Waals surface area contributed by atoms with E-state index in [1.54, 1.807) is 12.1 Å². The molecule has 0 aliphatic rings. The van der Waals surface area contributed by atoms with Crippen molar-refractivity contribution in [1.82, 2.24) is 0 Å². The van der Waals surface area contributed by atoms with E-state index in [0.717, 1.165) is 0 Å². The van der Waals surface area contributed by atoms with Crippen molar-refractivity contribution < 1.29 is 14.3 Å². The Balaban J connectivity index is 2.81. The largest absolute Gasteiger partial charge is 0.490 e. The molecule has 0 aliphatic carbocycles. The fourth-order valence-corrected chi connectivity index (χ4v) is 1.33. The molecule has 88 valence electrons. The maximum Gasteiger partial charge on any atom is 0.192 e. The Hall–Kier alpha value is -1.35. The number of hydrogen-bond donors (Lipinski definition) is 0. The van der Waals surface area contributed by atoms with Crippen LogP contribution in [-0.4, -0.2) is 25.1 Å². The molecule has 1 aromatic carbocycles. The van der Waals surface area contributed by atoms with E-state index >= 15 is 0 Å². The Morgan fingerprint density at radius 2 is 2.00 bits per heavy atom. The first-order valence-electron chi connectivity index (χ1n) is 5.51. The monoisotopic (exact) mass is 222 g/mol. The fraction of sp³-hybridized carbons (Fsp3) is 0.462. The summed E-state index contributed by atoms with van der Waals surface area (Å²) < 4.78 is 10.7. The summed E-state index contributed by atoms with van der Waals surface area (Å²) in [6, 6.07) is 7.25. The third-order valence-electron chi connectivity index (χ3n) is 1.99. The number of hydrogen-bond acceptors (Lipinski definition) is 3. The second kappa shape index (κ2) is 6.28. The van der Waals surface area contributed by atoms with Crippen LogP contribution in [0, 0.1) is 0 Å². The van der Waals surface area contributed by atoms with E-state index in [1.165, 1.54) is 0 Å². The molecule has 3 heteroatoms. The van der Waals surface area contributed by atoms with Crippen LogP contribution in [0.3, 0.4) is 0 Å². The summed E-state index contributed by atoms with van der Waals surface area (Å²) in [7, 11) is 0. The minimum absolute atomic E-state index is 0.0434. The lowest BCUT2D eigenvalue weighted by molar-refractivity contribution is 0.0778. The summed E-state index contributed by atoms with van der Waals surface area (Å²) >= 11 is 0. The first-order valence-corrected chi connectivity index (χ1v) is 5.51. The van der Waals surface area contributed by atoms with Gasteiger partial charge in [-0.1, -0.05) is 12.1 Å². The van der Waals surface area contributed by atoms with Gasteiger partial charge in [-0.15, -0.1) is 0 Å². The molecule has 0 spiro atoms. The van der Waals surface area contributed by atoms with Gasteiger partial charge in [-0.3, -0.25) is 4.79 Å². The van der Waals surface area contributed by atoms with Crippen LogP contribution in [0.5, 0.6) is 5.75 Å². The summed E-state index contributed by atoms with van der Waals surface area (Å²) in [5.74, 6) is 0.584. The van der Waals surface area contributed by atoms with Gasteiger partial charge in [0, 0.05) is 6.61 Å². The van der Waals surface area contributed by atoms with Crippen molar-refractivity contribution in [1.29, 1.82) is 0 Å². The molecule has 0 N–H and O–H groups in total. The molecule has 0 bridgehead atoms. The van der Waals surface area contributed by atoms with Crippen LogP contribution in [0.4, 0.5) is 0 Å². The number of benzene rings is 1. The van der Waals surface area contributed by atoms with Crippen LogP contribution >= 0.6 is 0 Å². The van der Waals surface area contributed by atoms with Crippen molar-refractivity contribution in [2.24, 2.45) is 0 Å². The number of ketones is 1. The van der Waals surface area contributed by atoms with Gasteiger partial charge in [0.15, 0.2) is 5.78 Å². The fourth-order valence-electron chi connectivity index (χ4n) is 1.33. The lowest BCUT2D eigenvalue weighted by Crippen LogP contribution is -2.13. The molecule has 3 nitrogen and oxygen atoms in total. The van der Waals surface area contributed by atoms with Crippen LogP contribution in [0.15, 0.2) is 24.3 Å². The zero-order chi connectivity index (χ0) is 12.0. The molecular weight excluding hydrogens is 204 g/mol. The summed E-state index contributed by atoms with van der Waals surface area (Å²) in [6.45, 7) is 6.38. The van der Waals surface area contributed by atoms with E-state index < -0.39 is 0 Å². The van der Waals surface area contributed by atoms with Gasteiger partial charge in [0.2, 0.25) is 0 Å². The predicted octanol–water partition coefficient (Wildman–Crippen LogP) is 2.69. The van der Waals surface area contributed by atoms with Crippen LogP contribution in [-0.2, 0) is 4.74 Å². The highest BCUT2D eigenvalue weighted by molar-refractivity contribution is 5.99. The van der Waals surface area contributed by atoms with Crippen LogP contribution in [0.25, 0.3) is 0 Å². The molecule has 0 unspecified atom stereocenters. The van der Waals surface area contributed by atoms with Gasteiger partial charge in [0.1, 0.15) is 12.4 Å². The number of para-hydroxylation sites is 1. The third kappa shape index (κ3) is 3.66. The molecule has 0 amide bonds. The lowest BCUT2D eigenvalue weighted by Gasteiger charge is -2.13. The maximum atomic E-state index is 11.8. The van der Waals surface area contributed by atoms with Crippen LogP contribution < -0.4 is 4.74 Å². The average molecular weight is 222 g/mol. The Morgan fingerprint density at radius 1 is 1.31 bits per heavy atom. The molecule has 0 aliphatic heterocycles. The SMILES string of the molecule is CCOCC(=O)c1ccccc1OC(C)C. The zero-order valence-corrected chi connectivity index (χ0v) is 10.0. The topological polar surface area (TPSA) is 35.5 Å². The molecule has 16 heavy (non-hydrogen) atoms. The summed E-state index contributed by atoms with van der Waals surface area (Å²) in [5, 5.41) is 0. The van der Waals surface area contributed by atoms with Crippen molar-refractivity contribution >= 4 is 5.78 Å².